The quantitative estimate of drug-likeness (QED) is 0.886. The molecule has 2 aliphatic rings. The Bertz CT molecular complexity index is 872. The summed E-state index contributed by atoms with van der Waals surface area (Å²) in [7, 11) is 0. The summed E-state index contributed by atoms with van der Waals surface area (Å²) in [5, 5.41) is 3.01. The highest BCUT2D eigenvalue weighted by molar-refractivity contribution is 5.86. The molecular formula is C22H27N3O3. The molecule has 3 heterocycles. The lowest BCUT2D eigenvalue weighted by Gasteiger charge is -2.49. The minimum Gasteiger partial charge on any atom is -0.441 e. The summed E-state index contributed by atoms with van der Waals surface area (Å²) in [6.45, 7) is 5.30. The van der Waals surface area contributed by atoms with Crippen molar-refractivity contribution in [1.29, 1.82) is 0 Å². The number of rotatable bonds is 3. The topological polar surface area (TPSA) is 75.4 Å². The molecule has 1 aromatic carbocycles. The molecule has 0 aliphatic carbocycles. The van der Waals surface area contributed by atoms with Crippen molar-refractivity contribution in [3.05, 3.63) is 41.8 Å². The van der Waals surface area contributed by atoms with Crippen LogP contribution in [0.3, 0.4) is 0 Å². The minimum atomic E-state index is -0.444. The SMILES string of the molecule is Cc1oc(-c2ccccc2)nc1CC(=O)N1CCC[C@@]2(CCCNC2=O)[C@H]1C. The van der Waals surface area contributed by atoms with Crippen LogP contribution >= 0.6 is 0 Å². The molecule has 0 bridgehead atoms. The van der Waals surface area contributed by atoms with Gasteiger partial charge in [-0.2, -0.15) is 0 Å². The van der Waals surface area contributed by atoms with Gasteiger partial charge in [0.2, 0.25) is 17.7 Å². The van der Waals surface area contributed by atoms with Crippen molar-refractivity contribution in [1.82, 2.24) is 15.2 Å². The number of carbonyl (C=O) groups excluding carboxylic acids is 2. The Hall–Kier alpha value is -2.63. The summed E-state index contributed by atoms with van der Waals surface area (Å²) in [4.78, 5) is 32.2. The second-order valence-electron chi connectivity index (χ2n) is 7.95. The molecule has 2 amide bonds. The second kappa shape index (κ2) is 7.41. The molecule has 1 spiro atoms. The Morgan fingerprint density at radius 2 is 2.04 bits per heavy atom. The first-order chi connectivity index (χ1) is 13.5. The van der Waals surface area contributed by atoms with Crippen LogP contribution in [0.1, 0.15) is 44.1 Å². The number of amides is 2. The van der Waals surface area contributed by atoms with E-state index >= 15 is 0 Å². The highest BCUT2D eigenvalue weighted by Gasteiger charge is 2.49. The van der Waals surface area contributed by atoms with E-state index in [4.69, 9.17) is 4.42 Å². The highest BCUT2D eigenvalue weighted by atomic mass is 16.4. The second-order valence-corrected chi connectivity index (χ2v) is 7.95. The van der Waals surface area contributed by atoms with E-state index in [0.29, 0.717) is 23.9 Å². The highest BCUT2D eigenvalue weighted by Crippen LogP contribution is 2.42. The molecule has 4 rings (SSSR count). The van der Waals surface area contributed by atoms with Gasteiger partial charge in [-0.25, -0.2) is 4.98 Å². The van der Waals surface area contributed by atoms with Gasteiger partial charge in [-0.15, -0.1) is 0 Å². The van der Waals surface area contributed by atoms with E-state index in [1.807, 2.05) is 49.1 Å². The number of benzene rings is 1. The van der Waals surface area contributed by atoms with Gasteiger partial charge in [-0.1, -0.05) is 18.2 Å². The molecule has 0 radical (unpaired) electrons. The van der Waals surface area contributed by atoms with Gasteiger partial charge in [-0.05, 0) is 51.7 Å². The van der Waals surface area contributed by atoms with E-state index in [1.54, 1.807) is 0 Å². The van der Waals surface area contributed by atoms with Crippen LogP contribution < -0.4 is 5.32 Å². The summed E-state index contributed by atoms with van der Waals surface area (Å²) in [5.74, 6) is 1.33. The van der Waals surface area contributed by atoms with Crippen LogP contribution in [0, 0.1) is 12.3 Å². The van der Waals surface area contributed by atoms with E-state index in [-0.39, 0.29) is 24.3 Å². The molecule has 2 fully saturated rings. The lowest BCUT2D eigenvalue weighted by molar-refractivity contribution is -0.149. The smallest absolute Gasteiger partial charge is 0.228 e. The maximum absolute atomic E-state index is 13.1. The number of hydrogen-bond donors (Lipinski definition) is 1. The number of nitrogens with zero attached hydrogens (tertiary/aromatic N) is 2. The summed E-state index contributed by atoms with van der Waals surface area (Å²) in [5.41, 5.74) is 1.12. The molecule has 0 saturated carbocycles. The van der Waals surface area contributed by atoms with Gasteiger partial charge in [0.1, 0.15) is 5.76 Å². The molecule has 6 nitrogen and oxygen atoms in total. The van der Waals surface area contributed by atoms with Gasteiger partial charge in [0.15, 0.2) is 0 Å². The van der Waals surface area contributed by atoms with Crippen molar-refractivity contribution in [3.63, 3.8) is 0 Å². The number of likely N-dealkylation sites (tertiary alicyclic amines) is 1. The summed E-state index contributed by atoms with van der Waals surface area (Å²) >= 11 is 0. The maximum atomic E-state index is 13.1. The average Bonchev–Trinajstić information content (AvgIpc) is 3.07. The monoisotopic (exact) mass is 381 g/mol. The van der Waals surface area contributed by atoms with Crippen molar-refractivity contribution in [2.45, 2.75) is 52.0 Å². The Kier molecular flexibility index (Phi) is 4.96. The third kappa shape index (κ3) is 3.21. The first-order valence-corrected chi connectivity index (χ1v) is 10.1. The molecule has 148 valence electrons. The zero-order valence-electron chi connectivity index (χ0n) is 16.5. The Labute approximate surface area is 165 Å². The van der Waals surface area contributed by atoms with E-state index in [9.17, 15) is 9.59 Å². The first-order valence-electron chi connectivity index (χ1n) is 10.1. The number of carbonyl (C=O) groups is 2. The third-order valence-corrected chi connectivity index (χ3v) is 6.38. The molecule has 28 heavy (non-hydrogen) atoms. The predicted molar refractivity (Wildman–Crippen MR) is 105 cm³/mol. The van der Waals surface area contributed by atoms with Crippen LogP contribution in [-0.2, 0) is 16.0 Å². The lowest BCUT2D eigenvalue weighted by Crippen LogP contribution is -2.61. The number of oxazole rings is 1. The standard InChI is InChI=1S/C22H27N3O3/c1-15-18(24-20(28-15)17-8-4-3-5-9-17)14-19(26)25-13-7-11-22(16(25)2)10-6-12-23-21(22)27/h3-5,8-9,16H,6-7,10-14H2,1-2H3,(H,23,27)/t16-,22+/m1/s1. The van der Waals surface area contributed by atoms with Gasteiger partial charge in [-0.3, -0.25) is 9.59 Å². The molecule has 2 aliphatic heterocycles. The van der Waals surface area contributed by atoms with E-state index in [0.717, 1.165) is 37.8 Å². The fraction of sp³-hybridized carbons (Fsp3) is 0.500. The summed E-state index contributed by atoms with van der Waals surface area (Å²) < 4.78 is 5.80. The number of aryl methyl sites for hydroxylation is 1. The van der Waals surface area contributed by atoms with Crippen LogP contribution in [0.4, 0.5) is 0 Å². The fourth-order valence-electron chi connectivity index (χ4n) is 4.68. The zero-order chi connectivity index (χ0) is 19.7. The number of hydrogen-bond acceptors (Lipinski definition) is 4. The Morgan fingerprint density at radius 1 is 1.29 bits per heavy atom. The fourth-order valence-corrected chi connectivity index (χ4v) is 4.68. The van der Waals surface area contributed by atoms with Crippen LogP contribution in [-0.4, -0.2) is 40.8 Å². The molecule has 6 heteroatoms. The van der Waals surface area contributed by atoms with E-state index in [1.165, 1.54) is 0 Å². The van der Waals surface area contributed by atoms with Crippen molar-refractivity contribution >= 4 is 11.8 Å². The minimum absolute atomic E-state index is 0.0148. The number of piperidine rings is 2. The normalized spacial score (nSPS) is 25.0. The van der Waals surface area contributed by atoms with Gasteiger partial charge < -0.3 is 14.6 Å². The van der Waals surface area contributed by atoms with Gasteiger partial charge in [0.05, 0.1) is 17.5 Å². The molecular weight excluding hydrogens is 354 g/mol. The Morgan fingerprint density at radius 3 is 2.79 bits per heavy atom. The summed E-state index contributed by atoms with van der Waals surface area (Å²) in [6.07, 6.45) is 3.73. The molecule has 2 atom stereocenters. The number of aromatic nitrogens is 1. The third-order valence-electron chi connectivity index (χ3n) is 6.38. The van der Waals surface area contributed by atoms with Crippen LogP contribution in [0.2, 0.25) is 0 Å². The van der Waals surface area contributed by atoms with Crippen molar-refractivity contribution < 1.29 is 14.0 Å². The van der Waals surface area contributed by atoms with Crippen molar-refractivity contribution in [2.24, 2.45) is 5.41 Å². The Balaban J connectivity index is 1.52. The zero-order valence-corrected chi connectivity index (χ0v) is 16.5. The largest absolute Gasteiger partial charge is 0.441 e. The van der Waals surface area contributed by atoms with Crippen molar-refractivity contribution in [3.8, 4) is 11.5 Å². The van der Waals surface area contributed by atoms with Crippen LogP contribution in [0.5, 0.6) is 0 Å². The predicted octanol–water partition coefficient (Wildman–Crippen LogP) is 3.10. The lowest BCUT2D eigenvalue weighted by atomic mass is 9.68. The van der Waals surface area contributed by atoms with Crippen LogP contribution in [0.25, 0.3) is 11.5 Å². The first kappa shape index (κ1) is 18.7. The maximum Gasteiger partial charge on any atom is 0.228 e. The molecule has 2 saturated heterocycles. The van der Waals surface area contributed by atoms with Crippen molar-refractivity contribution in [2.75, 3.05) is 13.1 Å². The molecule has 0 unspecified atom stereocenters. The number of nitrogens with one attached hydrogen (secondary N) is 1. The van der Waals surface area contributed by atoms with E-state index in [2.05, 4.69) is 10.3 Å². The van der Waals surface area contributed by atoms with E-state index < -0.39 is 5.41 Å². The van der Waals surface area contributed by atoms with Gasteiger partial charge >= 0.3 is 0 Å². The molecule has 1 N–H and O–H groups in total. The molecule has 1 aromatic heterocycles. The summed E-state index contributed by atoms with van der Waals surface area (Å²) in [6, 6.07) is 9.59. The average molecular weight is 381 g/mol. The molecule has 2 aromatic rings. The van der Waals surface area contributed by atoms with Gasteiger partial charge in [0, 0.05) is 24.7 Å². The van der Waals surface area contributed by atoms with Gasteiger partial charge in [0.25, 0.3) is 0 Å². The van der Waals surface area contributed by atoms with Crippen LogP contribution in [0.15, 0.2) is 34.7 Å².